The van der Waals surface area contributed by atoms with Gasteiger partial charge in [-0.2, -0.15) is 0 Å². The molecule has 5 heteroatoms. The summed E-state index contributed by atoms with van der Waals surface area (Å²) in [5.41, 5.74) is 0. The lowest BCUT2D eigenvalue weighted by molar-refractivity contribution is 0.0238. The molecule has 2 amide bonds. The Bertz CT molecular complexity index is 142. The van der Waals surface area contributed by atoms with Crippen LogP contribution < -0.4 is 0 Å². The van der Waals surface area contributed by atoms with Crippen LogP contribution in [-0.2, 0) is 0 Å². The average molecular weight is 146 g/mol. The highest BCUT2D eigenvalue weighted by atomic mass is 16.5. The first kappa shape index (κ1) is 9.06. The summed E-state index contributed by atoms with van der Waals surface area (Å²) in [6.45, 7) is 0. The van der Waals surface area contributed by atoms with Gasteiger partial charge in [0.25, 0.3) is 0 Å². The smallest absolute Gasteiger partial charge is 0.342 e. The van der Waals surface area contributed by atoms with Gasteiger partial charge in [0.15, 0.2) is 6.29 Å². The standard InChI is InChI=1S/C5H10N2O3/c1-7(2)5(10)6-3-4(8)9/h3-4,8-9H,1-2H3. The van der Waals surface area contributed by atoms with Crippen LogP contribution in [-0.4, -0.2) is 47.7 Å². The Balaban J connectivity index is 3.79. The molecule has 5 nitrogen and oxygen atoms in total. The molecule has 0 aromatic carbocycles. The topological polar surface area (TPSA) is 73.1 Å². The number of amides is 2. The number of hydrogen-bond acceptors (Lipinski definition) is 3. The molecule has 0 aliphatic rings. The SMILES string of the molecule is CN(C)C(=O)N=CC(O)O. The normalized spacial score (nSPS) is 10.9. The Morgan fingerprint density at radius 1 is 1.60 bits per heavy atom. The predicted molar refractivity (Wildman–Crippen MR) is 35.8 cm³/mol. The van der Waals surface area contributed by atoms with Crippen LogP contribution in [0.25, 0.3) is 0 Å². The minimum Gasteiger partial charge on any atom is -0.364 e. The van der Waals surface area contributed by atoms with Gasteiger partial charge in [-0.3, -0.25) is 0 Å². The van der Waals surface area contributed by atoms with Crippen molar-refractivity contribution < 1.29 is 15.0 Å². The molecule has 0 atom stereocenters. The first-order valence-electron chi connectivity index (χ1n) is 2.65. The highest BCUT2D eigenvalue weighted by Gasteiger charge is 1.98. The summed E-state index contributed by atoms with van der Waals surface area (Å²) in [5, 5.41) is 16.4. The van der Waals surface area contributed by atoms with Crippen LogP contribution in [0.1, 0.15) is 0 Å². The fourth-order valence-corrected chi connectivity index (χ4v) is 0.246. The molecule has 0 saturated carbocycles. The van der Waals surface area contributed by atoms with Gasteiger partial charge in [0.1, 0.15) is 0 Å². The van der Waals surface area contributed by atoms with Gasteiger partial charge in [-0.15, -0.1) is 0 Å². The Hall–Kier alpha value is -0.940. The zero-order valence-corrected chi connectivity index (χ0v) is 5.85. The first-order valence-corrected chi connectivity index (χ1v) is 2.65. The van der Waals surface area contributed by atoms with E-state index in [1.54, 1.807) is 0 Å². The van der Waals surface area contributed by atoms with Crippen molar-refractivity contribution in [1.82, 2.24) is 4.90 Å². The molecule has 0 spiro atoms. The van der Waals surface area contributed by atoms with E-state index in [-0.39, 0.29) is 0 Å². The van der Waals surface area contributed by atoms with Crippen LogP contribution >= 0.6 is 0 Å². The summed E-state index contributed by atoms with van der Waals surface area (Å²) in [6, 6.07) is -0.520. The van der Waals surface area contributed by atoms with E-state index in [9.17, 15) is 4.79 Å². The number of hydrogen-bond donors (Lipinski definition) is 2. The molecule has 0 unspecified atom stereocenters. The molecule has 58 valence electrons. The molecule has 0 bridgehead atoms. The van der Waals surface area contributed by atoms with Crippen LogP contribution in [0.3, 0.4) is 0 Å². The highest BCUT2D eigenvalue weighted by molar-refractivity contribution is 5.83. The molecular weight excluding hydrogens is 136 g/mol. The van der Waals surface area contributed by atoms with Gasteiger partial charge in [0, 0.05) is 14.1 Å². The van der Waals surface area contributed by atoms with Crippen molar-refractivity contribution in [2.75, 3.05) is 14.1 Å². The van der Waals surface area contributed by atoms with Crippen molar-refractivity contribution in [2.24, 2.45) is 4.99 Å². The van der Waals surface area contributed by atoms with Crippen molar-refractivity contribution in [2.45, 2.75) is 6.29 Å². The molecule has 2 N–H and O–H groups in total. The second-order valence-corrected chi connectivity index (χ2v) is 1.87. The molecule has 0 aliphatic heterocycles. The highest BCUT2D eigenvalue weighted by Crippen LogP contribution is 1.82. The van der Waals surface area contributed by atoms with Crippen molar-refractivity contribution in [3.63, 3.8) is 0 Å². The largest absolute Gasteiger partial charge is 0.364 e. The summed E-state index contributed by atoms with van der Waals surface area (Å²) in [6.07, 6.45) is -0.911. The third-order valence-corrected chi connectivity index (χ3v) is 0.701. The number of aliphatic hydroxyl groups excluding tert-OH is 1. The van der Waals surface area contributed by atoms with Crippen LogP contribution in [0.2, 0.25) is 0 Å². The number of carbonyl (C=O) groups is 1. The van der Waals surface area contributed by atoms with E-state index in [4.69, 9.17) is 10.2 Å². The molecule has 0 rings (SSSR count). The summed E-state index contributed by atoms with van der Waals surface area (Å²) >= 11 is 0. The van der Waals surface area contributed by atoms with Crippen LogP contribution in [0.15, 0.2) is 4.99 Å². The third kappa shape index (κ3) is 3.99. The zero-order valence-electron chi connectivity index (χ0n) is 5.85. The van der Waals surface area contributed by atoms with Gasteiger partial charge in [-0.25, -0.2) is 9.79 Å². The number of aliphatic imine (C=N–C) groups is 1. The molecule has 0 fully saturated rings. The van der Waals surface area contributed by atoms with E-state index in [2.05, 4.69) is 4.99 Å². The molecule has 10 heavy (non-hydrogen) atoms. The molecular formula is C5H10N2O3. The second kappa shape index (κ2) is 3.97. The summed E-state index contributed by atoms with van der Waals surface area (Å²) < 4.78 is 0. The zero-order chi connectivity index (χ0) is 8.15. The fraction of sp³-hybridized carbons (Fsp3) is 0.600. The minimum atomic E-state index is -1.66. The first-order chi connectivity index (χ1) is 4.54. The quantitative estimate of drug-likeness (QED) is 0.370. The maximum absolute atomic E-state index is 10.6. The maximum Gasteiger partial charge on any atom is 0.342 e. The molecule has 0 radical (unpaired) electrons. The van der Waals surface area contributed by atoms with E-state index >= 15 is 0 Å². The van der Waals surface area contributed by atoms with Gasteiger partial charge in [-0.05, 0) is 0 Å². The van der Waals surface area contributed by atoms with Crippen molar-refractivity contribution in [1.29, 1.82) is 0 Å². The number of nitrogens with zero attached hydrogens (tertiary/aromatic N) is 2. The van der Waals surface area contributed by atoms with Gasteiger partial charge < -0.3 is 15.1 Å². The monoisotopic (exact) mass is 146 g/mol. The average Bonchev–Trinajstić information content (AvgIpc) is 1.82. The lowest BCUT2D eigenvalue weighted by Crippen LogP contribution is -2.19. The minimum absolute atomic E-state index is 0.520. The van der Waals surface area contributed by atoms with E-state index < -0.39 is 12.3 Å². The summed E-state index contributed by atoms with van der Waals surface area (Å²) in [7, 11) is 3.03. The van der Waals surface area contributed by atoms with E-state index in [0.717, 1.165) is 6.21 Å². The second-order valence-electron chi connectivity index (χ2n) is 1.87. The summed E-state index contributed by atoms with van der Waals surface area (Å²) in [4.78, 5) is 15.0. The summed E-state index contributed by atoms with van der Waals surface area (Å²) in [5.74, 6) is 0. The van der Waals surface area contributed by atoms with Gasteiger partial charge >= 0.3 is 6.03 Å². The number of carbonyl (C=O) groups excluding carboxylic acids is 1. The molecule has 0 saturated heterocycles. The third-order valence-electron chi connectivity index (χ3n) is 0.701. The van der Waals surface area contributed by atoms with Crippen molar-refractivity contribution in [3.05, 3.63) is 0 Å². The number of rotatable bonds is 1. The van der Waals surface area contributed by atoms with Crippen molar-refractivity contribution >= 4 is 12.2 Å². The van der Waals surface area contributed by atoms with E-state index in [1.807, 2.05) is 0 Å². The Labute approximate surface area is 58.6 Å². The molecule has 0 heterocycles. The maximum atomic E-state index is 10.6. The van der Waals surface area contributed by atoms with Crippen LogP contribution in [0.4, 0.5) is 4.79 Å². The fourth-order valence-electron chi connectivity index (χ4n) is 0.246. The lowest BCUT2D eigenvalue weighted by Gasteiger charge is -2.03. The molecule has 0 aromatic heterocycles. The van der Waals surface area contributed by atoms with Gasteiger partial charge in [0.05, 0.1) is 6.21 Å². The Kier molecular flexibility index (Phi) is 3.60. The van der Waals surface area contributed by atoms with Crippen LogP contribution in [0, 0.1) is 0 Å². The Morgan fingerprint density at radius 3 is 2.40 bits per heavy atom. The number of aliphatic hydroxyl groups is 2. The molecule has 0 aromatic rings. The predicted octanol–water partition coefficient (Wildman–Crippen LogP) is -0.950. The van der Waals surface area contributed by atoms with Crippen molar-refractivity contribution in [3.8, 4) is 0 Å². The van der Waals surface area contributed by atoms with E-state index in [1.165, 1.54) is 19.0 Å². The lowest BCUT2D eigenvalue weighted by atomic mass is 10.7. The Morgan fingerprint density at radius 2 is 2.10 bits per heavy atom. The molecule has 0 aliphatic carbocycles. The van der Waals surface area contributed by atoms with Gasteiger partial charge in [0.2, 0.25) is 0 Å². The van der Waals surface area contributed by atoms with E-state index in [0.29, 0.717) is 0 Å². The van der Waals surface area contributed by atoms with Gasteiger partial charge in [-0.1, -0.05) is 0 Å². The number of urea groups is 1. The van der Waals surface area contributed by atoms with Crippen LogP contribution in [0.5, 0.6) is 0 Å².